The highest BCUT2D eigenvalue weighted by Gasteiger charge is 2.68. The zero-order valence-electron chi connectivity index (χ0n) is 17.7. The normalized spacial score (nSPS) is 29.0. The largest absolute Gasteiger partial charge is 0.461 e. The van der Waals surface area contributed by atoms with Gasteiger partial charge < -0.3 is 14.2 Å². The van der Waals surface area contributed by atoms with Gasteiger partial charge in [0.2, 0.25) is 0 Å². The van der Waals surface area contributed by atoms with Crippen molar-refractivity contribution in [1.82, 2.24) is 0 Å². The van der Waals surface area contributed by atoms with Gasteiger partial charge in [0, 0.05) is 11.5 Å². The second kappa shape index (κ2) is 8.41. The van der Waals surface area contributed by atoms with Gasteiger partial charge in [-0.15, -0.1) is 0 Å². The first-order valence-corrected chi connectivity index (χ1v) is 11.7. The molecule has 1 saturated heterocycles. The first-order valence-electron chi connectivity index (χ1n) is 10.8. The Morgan fingerprint density at radius 3 is 2.36 bits per heavy atom. The summed E-state index contributed by atoms with van der Waals surface area (Å²) in [5.74, 6) is -2.51. The molecule has 1 heterocycles. The molecule has 2 aromatic carbocycles. The molecule has 170 valence electrons. The average Bonchev–Trinajstić information content (AvgIpc) is 3.42. The average molecular weight is 513 g/mol. The summed E-state index contributed by atoms with van der Waals surface area (Å²) in [6.45, 7) is 1.50. The van der Waals surface area contributed by atoms with Crippen LogP contribution < -0.4 is 4.74 Å². The number of Topliss-reactive ketones (excluding diaryl/α,β-unsaturated/α-hetero) is 1. The lowest BCUT2D eigenvalue weighted by atomic mass is 9.80. The number of carbonyl (C=O) groups is 4. The zero-order valence-corrected chi connectivity index (χ0v) is 19.3. The van der Waals surface area contributed by atoms with Crippen LogP contribution in [0.25, 0.3) is 0 Å². The predicted molar refractivity (Wildman–Crippen MR) is 119 cm³/mol. The molecule has 0 unspecified atom stereocenters. The van der Waals surface area contributed by atoms with Gasteiger partial charge in [-0.3, -0.25) is 14.4 Å². The smallest absolute Gasteiger partial charge is 0.343 e. The first kappa shape index (κ1) is 21.8. The molecule has 2 saturated carbocycles. The maximum Gasteiger partial charge on any atom is 0.343 e. The Labute approximate surface area is 198 Å². The Bertz CT molecular complexity index is 1120. The van der Waals surface area contributed by atoms with Crippen molar-refractivity contribution < 1.29 is 33.4 Å². The van der Waals surface area contributed by atoms with Gasteiger partial charge >= 0.3 is 17.9 Å². The molecule has 33 heavy (non-hydrogen) atoms. The molecule has 0 spiro atoms. The van der Waals surface area contributed by atoms with Crippen molar-refractivity contribution in [2.24, 2.45) is 23.7 Å². The number of aryl methyl sites for hydroxylation is 1. The van der Waals surface area contributed by atoms with Crippen LogP contribution in [0.5, 0.6) is 5.75 Å². The number of hydrogen-bond donors (Lipinski definition) is 0. The number of ether oxygens (including phenoxy) is 3. The second-order valence-corrected chi connectivity index (χ2v) is 9.83. The molecule has 7 nitrogen and oxygen atoms in total. The molecule has 1 aliphatic heterocycles. The standard InChI is InChI=1S/C25H21BrO7/c1-12-2-4-14(5-3-12)23(28)32-15-8-6-13(7-9-15)18(27)11-31-24(29)19-16-10-17-20(19)25(30)33-22(17)21(16)26/h2-9,16-17,19-22H,10-11H2,1H3/t16-,17-,19-,20+,21+,22+/m1/s1. The number of carbonyl (C=O) groups excluding carboxylic acids is 4. The van der Waals surface area contributed by atoms with Gasteiger partial charge in [-0.2, -0.15) is 0 Å². The minimum atomic E-state index is -0.581. The van der Waals surface area contributed by atoms with Gasteiger partial charge in [0.25, 0.3) is 0 Å². The Balaban J connectivity index is 1.17. The molecular formula is C25H21BrO7. The Kier molecular flexibility index (Phi) is 5.56. The lowest BCUT2D eigenvalue weighted by molar-refractivity contribution is -0.154. The van der Waals surface area contributed by atoms with Gasteiger partial charge in [0.05, 0.1) is 22.2 Å². The first-order chi connectivity index (χ1) is 15.8. The Morgan fingerprint density at radius 2 is 1.67 bits per heavy atom. The fourth-order valence-corrected chi connectivity index (χ4v) is 6.22. The molecule has 6 atom stereocenters. The number of rotatable bonds is 6. The van der Waals surface area contributed by atoms with Crippen LogP contribution in [0.15, 0.2) is 48.5 Å². The molecule has 8 heteroatoms. The van der Waals surface area contributed by atoms with Crippen LogP contribution in [0.4, 0.5) is 0 Å². The third-order valence-corrected chi connectivity index (χ3v) is 8.01. The number of esters is 3. The lowest BCUT2D eigenvalue weighted by Crippen LogP contribution is -2.39. The van der Waals surface area contributed by atoms with Crippen LogP contribution in [-0.2, 0) is 19.1 Å². The van der Waals surface area contributed by atoms with E-state index in [1.807, 2.05) is 19.1 Å². The molecular weight excluding hydrogens is 492 g/mol. The van der Waals surface area contributed by atoms with Crippen molar-refractivity contribution in [3.8, 4) is 5.75 Å². The van der Waals surface area contributed by atoms with E-state index >= 15 is 0 Å². The Hall–Kier alpha value is -3.00. The highest BCUT2D eigenvalue weighted by molar-refractivity contribution is 9.09. The van der Waals surface area contributed by atoms with Crippen molar-refractivity contribution in [3.63, 3.8) is 0 Å². The third-order valence-electron chi connectivity index (χ3n) is 6.81. The molecule has 2 aromatic rings. The fourth-order valence-electron chi connectivity index (χ4n) is 5.18. The maximum absolute atomic E-state index is 12.7. The molecule has 0 N–H and O–H groups in total. The van der Waals surface area contributed by atoms with Gasteiger partial charge in [-0.05, 0) is 55.7 Å². The van der Waals surface area contributed by atoms with Crippen LogP contribution in [0.1, 0.15) is 32.7 Å². The third kappa shape index (κ3) is 3.86. The zero-order chi connectivity index (χ0) is 23.3. The fraction of sp³-hybridized carbons (Fsp3) is 0.360. The molecule has 2 aliphatic carbocycles. The molecule has 3 aliphatic rings. The minimum Gasteiger partial charge on any atom is -0.461 e. The van der Waals surface area contributed by atoms with E-state index in [9.17, 15) is 19.2 Å². The Morgan fingerprint density at radius 1 is 1.00 bits per heavy atom. The number of ketones is 1. The summed E-state index contributed by atoms with van der Waals surface area (Å²) >= 11 is 3.56. The molecule has 3 fully saturated rings. The summed E-state index contributed by atoms with van der Waals surface area (Å²) in [6, 6.07) is 13.1. The quantitative estimate of drug-likeness (QED) is 0.253. The van der Waals surface area contributed by atoms with E-state index in [0.29, 0.717) is 16.9 Å². The summed E-state index contributed by atoms with van der Waals surface area (Å²) in [7, 11) is 0. The van der Waals surface area contributed by atoms with Crippen LogP contribution in [-0.4, -0.2) is 41.2 Å². The lowest BCUT2D eigenvalue weighted by Gasteiger charge is -2.26. The van der Waals surface area contributed by atoms with E-state index in [1.54, 1.807) is 12.1 Å². The van der Waals surface area contributed by atoms with Crippen LogP contribution in [0.2, 0.25) is 0 Å². The molecule has 5 rings (SSSR count). The van der Waals surface area contributed by atoms with E-state index in [-0.39, 0.29) is 34.5 Å². The number of halogens is 1. The van der Waals surface area contributed by atoms with Gasteiger partial charge in [0.15, 0.2) is 12.4 Å². The summed E-state index contributed by atoms with van der Waals surface area (Å²) in [5, 5.41) is 0. The van der Waals surface area contributed by atoms with Gasteiger partial charge in [-0.1, -0.05) is 33.6 Å². The van der Waals surface area contributed by atoms with E-state index in [0.717, 1.165) is 12.0 Å². The van der Waals surface area contributed by atoms with Crippen molar-refractivity contribution in [2.75, 3.05) is 6.61 Å². The number of benzene rings is 2. The van der Waals surface area contributed by atoms with E-state index < -0.39 is 30.4 Å². The topological polar surface area (TPSA) is 96.0 Å². The second-order valence-electron chi connectivity index (χ2n) is 8.77. The van der Waals surface area contributed by atoms with Crippen molar-refractivity contribution in [2.45, 2.75) is 24.3 Å². The highest BCUT2D eigenvalue weighted by Crippen LogP contribution is 2.60. The van der Waals surface area contributed by atoms with Crippen LogP contribution >= 0.6 is 15.9 Å². The van der Waals surface area contributed by atoms with Crippen LogP contribution in [0, 0.1) is 30.6 Å². The summed E-state index contributed by atoms with van der Waals surface area (Å²) in [5.41, 5.74) is 1.79. The summed E-state index contributed by atoms with van der Waals surface area (Å²) < 4.78 is 16.0. The highest BCUT2D eigenvalue weighted by atomic mass is 79.9. The monoisotopic (exact) mass is 512 g/mol. The molecule has 0 radical (unpaired) electrons. The number of alkyl halides is 1. The predicted octanol–water partition coefficient (Wildman–Crippen LogP) is 3.51. The number of hydrogen-bond acceptors (Lipinski definition) is 7. The van der Waals surface area contributed by atoms with E-state index in [4.69, 9.17) is 14.2 Å². The maximum atomic E-state index is 12.7. The van der Waals surface area contributed by atoms with Crippen molar-refractivity contribution >= 4 is 39.6 Å². The minimum absolute atomic E-state index is 0.0263. The molecule has 0 amide bonds. The van der Waals surface area contributed by atoms with Crippen molar-refractivity contribution in [1.29, 1.82) is 0 Å². The molecule has 2 bridgehead atoms. The van der Waals surface area contributed by atoms with Gasteiger partial charge in [0.1, 0.15) is 11.9 Å². The van der Waals surface area contributed by atoms with Crippen molar-refractivity contribution in [3.05, 3.63) is 65.2 Å². The molecule has 0 aromatic heterocycles. The van der Waals surface area contributed by atoms with E-state index in [1.165, 1.54) is 24.3 Å². The van der Waals surface area contributed by atoms with Crippen LogP contribution in [0.3, 0.4) is 0 Å². The SMILES string of the molecule is Cc1ccc(C(=O)Oc2ccc(C(=O)COC(=O)[C@@H]3[C@H]4C[C@H]5[C@H](OC(=O)[C@@H]53)[C@H]4Br)cc2)cc1. The van der Waals surface area contributed by atoms with Gasteiger partial charge in [-0.25, -0.2) is 4.79 Å². The summed E-state index contributed by atoms with van der Waals surface area (Å²) in [4.78, 5) is 49.6. The van der Waals surface area contributed by atoms with E-state index in [2.05, 4.69) is 15.9 Å². The summed E-state index contributed by atoms with van der Waals surface area (Å²) in [6.07, 6.45) is 0.574. The number of fused-ring (bicyclic) bond motifs is 1.